The summed E-state index contributed by atoms with van der Waals surface area (Å²) in [6.07, 6.45) is 0. The first-order chi connectivity index (χ1) is 5.94. The van der Waals surface area contributed by atoms with Crippen molar-refractivity contribution in [3.63, 3.8) is 0 Å². The fourth-order valence-electron chi connectivity index (χ4n) is 1.12. The molecule has 0 radical (unpaired) electrons. The van der Waals surface area contributed by atoms with Crippen molar-refractivity contribution in [3.05, 3.63) is 33.4 Å². The topological polar surface area (TPSA) is 20.2 Å². The van der Waals surface area contributed by atoms with Crippen LogP contribution in [-0.4, -0.2) is 5.11 Å². The summed E-state index contributed by atoms with van der Waals surface area (Å²) in [6, 6.07) is 8.02. The van der Waals surface area contributed by atoms with E-state index in [1.165, 1.54) is 3.57 Å². The number of aliphatic hydroxyl groups is 1. The lowest BCUT2D eigenvalue weighted by molar-refractivity contribution is 0.00904. The molecule has 0 amide bonds. The van der Waals surface area contributed by atoms with Crippen LogP contribution in [0.25, 0.3) is 0 Å². The van der Waals surface area contributed by atoms with Gasteiger partial charge in [0.15, 0.2) is 0 Å². The highest BCUT2D eigenvalue weighted by atomic mass is 127. The molecule has 0 saturated heterocycles. The number of benzene rings is 1. The van der Waals surface area contributed by atoms with Gasteiger partial charge in [-0.25, -0.2) is 0 Å². The highest BCUT2D eigenvalue weighted by Gasteiger charge is 2.26. The molecule has 0 saturated carbocycles. The average Bonchev–Trinajstić information content (AvgIpc) is 2.04. The highest BCUT2D eigenvalue weighted by Crippen LogP contribution is 2.28. The van der Waals surface area contributed by atoms with Crippen molar-refractivity contribution in [3.8, 4) is 0 Å². The molecule has 1 rings (SSSR count). The summed E-state index contributed by atoms with van der Waals surface area (Å²) in [6.45, 7) is 5.91. The first kappa shape index (κ1) is 11.0. The molecule has 2 heteroatoms. The van der Waals surface area contributed by atoms with E-state index in [0.717, 1.165) is 5.56 Å². The summed E-state index contributed by atoms with van der Waals surface area (Å²) in [5, 5.41) is 10.2. The van der Waals surface area contributed by atoms with E-state index in [0.29, 0.717) is 0 Å². The Kier molecular flexibility index (Phi) is 3.35. The van der Waals surface area contributed by atoms with E-state index in [2.05, 4.69) is 22.6 Å². The van der Waals surface area contributed by atoms with Crippen molar-refractivity contribution in [2.75, 3.05) is 0 Å². The summed E-state index contributed by atoms with van der Waals surface area (Å²) < 4.78 is 1.20. The molecule has 1 aromatic carbocycles. The molecule has 0 aliphatic carbocycles. The van der Waals surface area contributed by atoms with Crippen LogP contribution in [0.4, 0.5) is 0 Å². The van der Waals surface area contributed by atoms with E-state index in [1.54, 1.807) is 0 Å². The van der Waals surface area contributed by atoms with Crippen molar-refractivity contribution in [2.45, 2.75) is 26.4 Å². The van der Waals surface area contributed by atoms with Gasteiger partial charge in [0.25, 0.3) is 0 Å². The van der Waals surface area contributed by atoms with Crippen molar-refractivity contribution in [2.24, 2.45) is 5.92 Å². The zero-order chi connectivity index (χ0) is 10.1. The van der Waals surface area contributed by atoms with Crippen LogP contribution >= 0.6 is 22.6 Å². The number of rotatable bonds is 2. The van der Waals surface area contributed by atoms with Crippen LogP contribution in [0.15, 0.2) is 24.3 Å². The van der Waals surface area contributed by atoms with Crippen LogP contribution < -0.4 is 0 Å². The number of hydrogen-bond acceptors (Lipinski definition) is 1. The van der Waals surface area contributed by atoms with Gasteiger partial charge in [-0.3, -0.25) is 0 Å². The molecule has 72 valence electrons. The third-order valence-electron chi connectivity index (χ3n) is 2.55. The minimum absolute atomic E-state index is 0.229. The molecular weight excluding hydrogens is 275 g/mol. The molecule has 0 spiro atoms. The second kappa shape index (κ2) is 3.96. The van der Waals surface area contributed by atoms with Crippen molar-refractivity contribution in [1.29, 1.82) is 0 Å². The van der Waals surface area contributed by atoms with E-state index in [9.17, 15) is 5.11 Å². The molecule has 1 aromatic rings. The summed E-state index contributed by atoms with van der Waals surface area (Å²) >= 11 is 2.26. The maximum Gasteiger partial charge on any atom is 0.0891 e. The monoisotopic (exact) mass is 290 g/mol. The molecule has 1 atom stereocenters. The predicted molar refractivity (Wildman–Crippen MR) is 63.6 cm³/mol. The molecule has 0 heterocycles. The third kappa shape index (κ3) is 2.44. The fraction of sp³-hybridized carbons (Fsp3) is 0.455. The quantitative estimate of drug-likeness (QED) is 0.830. The maximum absolute atomic E-state index is 10.2. The third-order valence-corrected chi connectivity index (χ3v) is 3.27. The Morgan fingerprint density at radius 3 is 2.08 bits per heavy atom. The Bertz CT molecular complexity index is 275. The molecule has 13 heavy (non-hydrogen) atoms. The lowest BCUT2D eigenvalue weighted by Gasteiger charge is -2.28. The van der Waals surface area contributed by atoms with Crippen LogP contribution in [0.1, 0.15) is 26.3 Å². The first-order valence-electron chi connectivity index (χ1n) is 4.43. The van der Waals surface area contributed by atoms with Gasteiger partial charge in [0.2, 0.25) is 0 Å². The van der Waals surface area contributed by atoms with Crippen LogP contribution in [-0.2, 0) is 5.60 Å². The van der Waals surface area contributed by atoms with Gasteiger partial charge in [0, 0.05) is 3.57 Å². The fourth-order valence-corrected chi connectivity index (χ4v) is 1.48. The van der Waals surface area contributed by atoms with E-state index < -0.39 is 5.60 Å². The zero-order valence-corrected chi connectivity index (χ0v) is 10.4. The van der Waals surface area contributed by atoms with Crippen LogP contribution in [0.3, 0.4) is 0 Å². The molecule has 0 aliphatic rings. The van der Waals surface area contributed by atoms with Crippen LogP contribution in [0, 0.1) is 9.49 Å². The smallest absolute Gasteiger partial charge is 0.0891 e. The second-order valence-electron chi connectivity index (χ2n) is 3.81. The minimum atomic E-state index is -0.718. The average molecular weight is 290 g/mol. The summed E-state index contributed by atoms with van der Waals surface area (Å²) in [5.41, 5.74) is 0.271. The van der Waals surface area contributed by atoms with E-state index in [-0.39, 0.29) is 5.92 Å². The van der Waals surface area contributed by atoms with Gasteiger partial charge in [-0.1, -0.05) is 26.0 Å². The van der Waals surface area contributed by atoms with Gasteiger partial charge in [0.1, 0.15) is 0 Å². The van der Waals surface area contributed by atoms with Crippen LogP contribution in [0.2, 0.25) is 0 Å². The second-order valence-corrected chi connectivity index (χ2v) is 5.05. The van der Waals surface area contributed by atoms with Crippen molar-refractivity contribution in [1.82, 2.24) is 0 Å². The molecular formula is C11H15IO. The predicted octanol–water partition coefficient (Wildman–Crippen LogP) is 3.15. The Hall–Kier alpha value is -0.0900. The van der Waals surface area contributed by atoms with E-state index in [4.69, 9.17) is 0 Å². The summed E-state index contributed by atoms with van der Waals surface area (Å²) in [7, 11) is 0. The molecule has 0 aromatic heterocycles. The Balaban J connectivity index is 3.01. The van der Waals surface area contributed by atoms with E-state index >= 15 is 0 Å². The Morgan fingerprint density at radius 1 is 1.23 bits per heavy atom. The zero-order valence-electron chi connectivity index (χ0n) is 8.21. The number of halogens is 1. The molecule has 0 fully saturated rings. The minimum Gasteiger partial charge on any atom is -0.385 e. The summed E-state index contributed by atoms with van der Waals surface area (Å²) in [5.74, 6) is 0.229. The molecule has 0 bridgehead atoms. The first-order valence-corrected chi connectivity index (χ1v) is 5.51. The largest absolute Gasteiger partial charge is 0.385 e. The Morgan fingerprint density at radius 2 is 1.69 bits per heavy atom. The molecule has 0 unspecified atom stereocenters. The molecule has 1 N–H and O–H groups in total. The van der Waals surface area contributed by atoms with Gasteiger partial charge in [-0.15, -0.1) is 0 Å². The SMILES string of the molecule is CC(C)[C@](C)(O)c1ccc(I)cc1. The lowest BCUT2D eigenvalue weighted by atomic mass is 9.85. The van der Waals surface area contributed by atoms with Gasteiger partial charge in [-0.05, 0) is 53.1 Å². The van der Waals surface area contributed by atoms with Gasteiger partial charge in [-0.2, -0.15) is 0 Å². The van der Waals surface area contributed by atoms with Crippen LogP contribution in [0.5, 0.6) is 0 Å². The summed E-state index contributed by atoms with van der Waals surface area (Å²) in [4.78, 5) is 0. The highest BCUT2D eigenvalue weighted by molar-refractivity contribution is 14.1. The van der Waals surface area contributed by atoms with Gasteiger partial charge in [0.05, 0.1) is 5.60 Å². The standard InChI is InChI=1S/C11H15IO/c1-8(2)11(3,13)9-4-6-10(12)7-5-9/h4-8,13H,1-3H3/t11-/m0/s1. The van der Waals surface area contributed by atoms with Crippen molar-refractivity contribution < 1.29 is 5.11 Å². The van der Waals surface area contributed by atoms with Gasteiger partial charge < -0.3 is 5.11 Å². The molecule has 1 nitrogen and oxygen atoms in total. The van der Waals surface area contributed by atoms with E-state index in [1.807, 2.05) is 45.0 Å². The maximum atomic E-state index is 10.2. The lowest BCUT2D eigenvalue weighted by Crippen LogP contribution is -2.27. The Labute approximate surface area is 93.3 Å². The van der Waals surface area contributed by atoms with Crippen molar-refractivity contribution >= 4 is 22.6 Å². The number of hydrogen-bond donors (Lipinski definition) is 1. The normalized spacial score (nSPS) is 15.8. The molecule has 0 aliphatic heterocycles. The van der Waals surface area contributed by atoms with Gasteiger partial charge >= 0.3 is 0 Å².